The van der Waals surface area contributed by atoms with Crippen molar-refractivity contribution >= 4 is 54.6 Å². The lowest BCUT2D eigenvalue weighted by atomic mass is 10.0. The Balaban J connectivity index is 3.19. The number of nitrogens with zero attached hydrogens (tertiary/aromatic N) is 2. The molecule has 31 heavy (non-hydrogen) atoms. The van der Waals surface area contributed by atoms with Gasteiger partial charge in [0.25, 0.3) is 0 Å². The van der Waals surface area contributed by atoms with Crippen molar-refractivity contribution in [2.75, 3.05) is 18.9 Å². The van der Waals surface area contributed by atoms with Crippen molar-refractivity contribution in [1.29, 1.82) is 0 Å². The predicted octanol–water partition coefficient (Wildman–Crippen LogP) is 6.78. The van der Waals surface area contributed by atoms with Crippen LogP contribution in [0.5, 0.6) is 0 Å². The van der Waals surface area contributed by atoms with E-state index in [2.05, 4.69) is 43.4 Å². The first kappa shape index (κ1) is 28.3. The number of hydrogen-bond acceptors (Lipinski definition) is 6. The zero-order valence-corrected chi connectivity index (χ0v) is 22.5. The fourth-order valence-corrected chi connectivity index (χ4v) is 5.35. The Morgan fingerprint density at radius 2 is 1.87 bits per heavy atom. The number of hydrogen-bond donors (Lipinski definition) is 4. The number of thiol groups is 2. The average molecular weight is 498 g/mol. The molecule has 3 N–H and O–H groups in total. The number of aliphatic imine (C=N–C) groups is 2. The zero-order valence-electron chi connectivity index (χ0n) is 19.0. The van der Waals surface area contributed by atoms with Crippen LogP contribution in [-0.4, -0.2) is 34.9 Å². The summed E-state index contributed by atoms with van der Waals surface area (Å²) < 4.78 is 0. The molecule has 0 bridgehead atoms. The van der Waals surface area contributed by atoms with E-state index in [0.717, 1.165) is 57.0 Å². The van der Waals surface area contributed by atoms with Gasteiger partial charge in [0, 0.05) is 22.8 Å². The van der Waals surface area contributed by atoms with Crippen molar-refractivity contribution in [2.24, 2.45) is 21.6 Å². The first-order valence-electron chi connectivity index (χ1n) is 10.4. The lowest BCUT2D eigenvalue weighted by molar-refractivity contribution is 0.222. The van der Waals surface area contributed by atoms with Crippen LogP contribution >= 0.6 is 43.8 Å². The summed E-state index contributed by atoms with van der Waals surface area (Å²) in [5.41, 5.74) is 8.08. The maximum Gasteiger partial charge on any atom is 0.0961 e. The predicted molar refractivity (Wildman–Crippen MR) is 148 cm³/mol. The summed E-state index contributed by atoms with van der Waals surface area (Å²) in [6, 6.07) is 8.00. The van der Waals surface area contributed by atoms with Gasteiger partial charge in [-0.3, -0.25) is 0 Å². The molecule has 1 rings (SSSR count). The molecule has 0 saturated carbocycles. The van der Waals surface area contributed by atoms with E-state index in [4.69, 9.17) is 10.7 Å². The van der Waals surface area contributed by atoms with E-state index in [-0.39, 0.29) is 19.6 Å². The number of allylic oxidation sites excluding steroid dienone is 2. The highest BCUT2D eigenvalue weighted by atomic mass is 32.7. The van der Waals surface area contributed by atoms with Crippen LogP contribution in [-0.2, 0) is 0 Å². The van der Waals surface area contributed by atoms with Crippen molar-refractivity contribution < 1.29 is 5.11 Å². The molecule has 4 nitrogen and oxygen atoms in total. The maximum atomic E-state index is 10.0. The van der Waals surface area contributed by atoms with Gasteiger partial charge < -0.3 is 10.8 Å². The lowest BCUT2D eigenvalue weighted by Crippen LogP contribution is -2.12. The van der Waals surface area contributed by atoms with E-state index in [0.29, 0.717) is 12.3 Å². The molecule has 2 atom stereocenters. The summed E-state index contributed by atoms with van der Waals surface area (Å²) in [5, 5.41) is 10.9. The topological polar surface area (TPSA) is 71.0 Å². The summed E-state index contributed by atoms with van der Waals surface area (Å²) in [4.78, 5) is 11.3. The minimum Gasteiger partial charge on any atom is -0.396 e. The highest BCUT2D eigenvalue weighted by molar-refractivity contribution is 8.45. The molecule has 1 aromatic carbocycles. The van der Waals surface area contributed by atoms with Gasteiger partial charge in [-0.2, -0.15) is 12.2 Å². The van der Waals surface area contributed by atoms with Crippen LogP contribution < -0.4 is 5.73 Å². The minimum atomic E-state index is -0.193. The monoisotopic (exact) mass is 497 g/mol. The van der Waals surface area contributed by atoms with Crippen LogP contribution in [0, 0.1) is 5.92 Å². The first-order valence-corrected chi connectivity index (χ1v) is 14.6. The molecule has 0 spiro atoms. The van der Waals surface area contributed by atoms with Crippen molar-refractivity contribution in [3.63, 3.8) is 0 Å². The second-order valence-corrected chi connectivity index (χ2v) is 13.0. The van der Waals surface area contributed by atoms with Crippen LogP contribution in [0.1, 0.15) is 47.0 Å². The molecule has 172 valence electrons. The smallest absolute Gasteiger partial charge is 0.0961 e. The van der Waals surface area contributed by atoms with Gasteiger partial charge in [0.1, 0.15) is 0 Å². The van der Waals surface area contributed by atoms with Gasteiger partial charge in [-0.05, 0) is 81.7 Å². The van der Waals surface area contributed by atoms with Gasteiger partial charge >= 0.3 is 0 Å². The summed E-state index contributed by atoms with van der Waals surface area (Å²) in [6.45, 7) is 12.0. The summed E-state index contributed by atoms with van der Waals surface area (Å²) in [6.07, 6.45) is 4.96. The van der Waals surface area contributed by atoms with E-state index in [1.54, 1.807) is 18.7 Å². The molecule has 0 fully saturated rings. The second kappa shape index (κ2) is 15.2. The van der Waals surface area contributed by atoms with Crippen molar-refractivity contribution in [3.8, 4) is 0 Å². The Bertz CT molecular complexity index is 803. The Hall–Kier alpha value is -0.720. The molecule has 0 saturated heterocycles. The molecule has 8 heteroatoms. The van der Waals surface area contributed by atoms with E-state index < -0.39 is 0 Å². The molecule has 0 radical (unpaired) electrons. The fraction of sp³-hybridized carbons (Fsp3) is 0.478. The van der Waals surface area contributed by atoms with Crippen molar-refractivity contribution in [1.82, 2.24) is 0 Å². The van der Waals surface area contributed by atoms with Gasteiger partial charge in [0.15, 0.2) is 0 Å². The molecular weight excluding hydrogens is 461 g/mol. The van der Waals surface area contributed by atoms with Crippen molar-refractivity contribution in [3.05, 3.63) is 47.8 Å². The zero-order chi connectivity index (χ0) is 23.4. The summed E-state index contributed by atoms with van der Waals surface area (Å²) in [7, 11) is -0.193. The van der Waals surface area contributed by atoms with E-state index in [9.17, 15) is 5.11 Å². The minimum absolute atomic E-state index is 0.136. The van der Waals surface area contributed by atoms with Gasteiger partial charge in [-0.15, -0.1) is 12.6 Å². The Kier molecular flexibility index (Phi) is 13.9. The number of aliphatic hydroxyl groups excluding tert-OH is 1. The fourth-order valence-electron chi connectivity index (χ4n) is 2.91. The molecule has 0 aliphatic heterocycles. The molecular formula is C23H36N3OPS3. The maximum absolute atomic E-state index is 10.0. The largest absolute Gasteiger partial charge is 0.396 e. The summed E-state index contributed by atoms with van der Waals surface area (Å²) >= 11 is 10.6. The first-order chi connectivity index (χ1) is 14.7. The molecule has 0 aliphatic carbocycles. The van der Waals surface area contributed by atoms with Crippen LogP contribution in [0.4, 0.5) is 0 Å². The normalized spacial score (nSPS) is 15.5. The third-order valence-electron chi connectivity index (χ3n) is 4.52. The van der Waals surface area contributed by atoms with E-state index in [1.807, 2.05) is 38.1 Å². The Morgan fingerprint density at radius 1 is 1.23 bits per heavy atom. The van der Waals surface area contributed by atoms with Crippen LogP contribution in [0.2, 0.25) is 0 Å². The highest BCUT2D eigenvalue weighted by Crippen LogP contribution is 2.41. The van der Waals surface area contributed by atoms with Gasteiger partial charge in [0.2, 0.25) is 0 Å². The molecule has 0 aromatic heterocycles. The third-order valence-corrected chi connectivity index (χ3v) is 8.83. The number of amidine groups is 1. The lowest BCUT2D eigenvalue weighted by Gasteiger charge is -2.17. The van der Waals surface area contributed by atoms with Gasteiger partial charge in [-0.1, -0.05) is 32.4 Å². The summed E-state index contributed by atoms with van der Waals surface area (Å²) in [5.74, 6) is 0.632. The number of benzene rings is 1. The standard InChI is InChI=1S/C23H36N3OPS3/c1-6-28(30)13-7-8-19(15-27)14-22(31-21-11-9-20(29)10-12-21)26-23(16(2)3)17(4)25-18(5)24/h9-12,19,27,29-30H,2,6-8,13-15H2,1,3-5H3,(H2,24,25)/b23-17+,26-22+. The van der Waals surface area contributed by atoms with Gasteiger partial charge in [0.05, 0.1) is 22.3 Å². The third kappa shape index (κ3) is 11.6. The van der Waals surface area contributed by atoms with Crippen LogP contribution in [0.3, 0.4) is 0 Å². The van der Waals surface area contributed by atoms with Crippen molar-refractivity contribution in [2.45, 2.75) is 56.7 Å². The average Bonchev–Trinajstić information content (AvgIpc) is 2.71. The molecule has 2 unspecified atom stereocenters. The molecule has 1 aromatic rings. The van der Waals surface area contributed by atoms with Gasteiger partial charge in [-0.25, -0.2) is 9.98 Å². The number of thioether (sulfide) groups is 1. The SMILES string of the molecule is C=C(C)C(/N=C(\CC(CO)CCCP(S)CC)Sc1ccc(S)cc1)=C(C)\N=C(/C)N. The number of aliphatic hydroxyl groups is 1. The Labute approximate surface area is 204 Å². The Morgan fingerprint density at radius 3 is 2.39 bits per heavy atom. The van der Waals surface area contributed by atoms with E-state index >= 15 is 0 Å². The molecule has 0 aliphatic rings. The van der Waals surface area contributed by atoms with Crippen LogP contribution in [0.25, 0.3) is 0 Å². The molecule has 0 amide bonds. The number of nitrogens with two attached hydrogens (primary N) is 1. The second-order valence-electron chi connectivity index (χ2n) is 7.51. The molecule has 0 heterocycles. The van der Waals surface area contributed by atoms with E-state index in [1.165, 1.54) is 0 Å². The van der Waals surface area contributed by atoms with Crippen LogP contribution in [0.15, 0.2) is 67.6 Å². The highest BCUT2D eigenvalue weighted by Gasteiger charge is 2.15. The quantitative estimate of drug-likeness (QED) is 0.0643. The number of rotatable bonds is 12.